The fraction of sp³-hybridized carbons (Fsp3) is 0.545. The van der Waals surface area contributed by atoms with Crippen molar-refractivity contribution in [3.8, 4) is 5.88 Å². The van der Waals surface area contributed by atoms with Crippen LogP contribution in [0.2, 0.25) is 0 Å². The molecule has 4 amide bonds. The first kappa shape index (κ1) is 19.8. The number of nitrogens with two attached hydrogens (primary N) is 1. The Kier molecular flexibility index (Phi) is 4.46. The molecule has 1 unspecified atom stereocenters. The molecule has 31 heavy (non-hydrogen) atoms. The summed E-state index contributed by atoms with van der Waals surface area (Å²) in [7, 11) is 0. The van der Waals surface area contributed by atoms with Crippen LogP contribution in [0.5, 0.6) is 5.88 Å². The second-order valence-electron chi connectivity index (χ2n) is 9.62. The summed E-state index contributed by atoms with van der Waals surface area (Å²) in [6, 6.07) is 4.72. The van der Waals surface area contributed by atoms with E-state index in [1.807, 2.05) is 26.0 Å². The Morgan fingerprint density at radius 1 is 1.29 bits per heavy atom. The van der Waals surface area contributed by atoms with Crippen LogP contribution in [0.1, 0.15) is 56.3 Å². The first-order valence-electron chi connectivity index (χ1n) is 10.8. The molecule has 1 spiro atoms. The van der Waals surface area contributed by atoms with E-state index < -0.39 is 11.9 Å². The number of hydrogen-bond acceptors (Lipinski definition) is 5. The highest BCUT2D eigenvalue weighted by Gasteiger charge is 2.58. The number of ether oxygens (including phenoxy) is 1. The van der Waals surface area contributed by atoms with Gasteiger partial charge in [0.1, 0.15) is 17.7 Å². The highest BCUT2D eigenvalue weighted by Crippen LogP contribution is 2.58. The number of imide groups is 1. The predicted octanol–water partition coefficient (Wildman–Crippen LogP) is 2.09. The zero-order valence-electron chi connectivity index (χ0n) is 17.7. The first-order chi connectivity index (χ1) is 14.8. The molecule has 9 nitrogen and oxygen atoms in total. The maximum atomic E-state index is 12.7. The summed E-state index contributed by atoms with van der Waals surface area (Å²) in [4.78, 5) is 38.4. The lowest BCUT2D eigenvalue weighted by atomic mass is 9.52. The second kappa shape index (κ2) is 6.96. The van der Waals surface area contributed by atoms with E-state index in [0.717, 1.165) is 25.7 Å². The van der Waals surface area contributed by atoms with Crippen molar-refractivity contribution in [1.82, 2.24) is 19.8 Å². The zero-order chi connectivity index (χ0) is 21.9. The van der Waals surface area contributed by atoms with Gasteiger partial charge in [-0.2, -0.15) is 0 Å². The summed E-state index contributed by atoms with van der Waals surface area (Å²) in [5, 5.41) is 7.19. The highest BCUT2D eigenvalue weighted by atomic mass is 16.5. The van der Waals surface area contributed by atoms with Gasteiger partial charge in [0.15, 0.2) is 0 Å². The van der Waals surface area contributed by atoms with E-state index in [9.17, 15) is 14.4 Å². The predicted molar refractivity (Wildman–Crippen MR) is 111 cm³/mol. The molecule has 0 bridgehead atoms. The minimum absolute atomic E-state index is 0.0398. The Morgan fingerprint density at radius 2 is 2.03 bits per heavy atom. The molecule has 3 N–H and O–H groups in total. The first-order valence-corrected chi connectivity index (χ1v) is 10.8. The molecule has 1 saturated heterocycles. The average molecular weight is 425 g/mol. The number of nitrogens with one attached hydrogen (secondary N) is 1. The molecule has 0 radical (unpaired) electrons. The number of pyridine rings is 1. The number of primary amides is 1. The summed E-state index contributed by atoms with van der Waals surface area (Å²) >= 11 is 0. The number of amides is 4. The lowest BCUT2D eigenvalue weighted by molar-refractivity contribution is -0.141. The lowest BCUT2D eigenvalue weighted by Gasteiger charge is -2.58. The van der Waals surface area contributed by atoms with E-state index in [1.165, 1.54) is 4.90 Å². The van der Waals surface area contributed by atoms with Gasteiger partial charge in [-0.05, 0) is 55.6 Å². The van der Waals surface area contributed by atoms with Crippen molar-refractivity contribution < 1.29 is 19.1 Å². The van der Waals surface area contributed by atoms with Crippen molar-refractivity contribution in [2.45, 2.75) is 64.1 Å². The monoisotopic (exact) mass is 425 g/mol. The SMILES string of the molecule is CC(C)CC1NC(=O)N(C2CC3(CC(Oc4nn5ccccc5c4C(N)=O)C3)C2)C1=O. The Labute approximate surface area is 179 Å². The van der Waals surface area contributed by atoms with Crippen LogP contribution in [0.15, 0.2) is 24.4 Å². The summed E-state index contributed by atoms with van der Waals surface area (Å²) < 4.78 is 7.62. The molecule has 1 atom stereocenters. The van der Waals surface area contributed by atoms with Gasteiger partial charge in [-0.3, -0.25) is 14.5 Å². The van der Waals surface area contributed by atoms with E-state index in [-0.39, 0.29) is 35.4 Å². The molecule has 2 aromatic rings. The van der Waals surface area contributed by atoms with Crippen LogP contribution in [0.3, 0.4) is 0 Å². The molecular weight excluding hydrogens is 398 g/mol. The van der Waals surface area contributed by atoms with Crippen molar-refractivity contribution >= 4 is 23.4 Å². The smallest absolute Gasteiger partial charge is 0.325 e. The molecule has 1 aliphatic heterocycles. The van der Waals surface area contributed by atoms with Gasteiger partial charge in [0.2, 0.25) is 5.88 Å². The molecular formula is C22H27N5O4. The Morgan fingerprint density at radius 3 is 2.71 bits per heavy atom. The summed E-state index contributed by atoms with van der Waals surface area (Å²) in [6.07, 6.45) is 5.58. The molecule has 3 heterocycles. The third-order valence-corrected chi connectivity index (χ3v) is 6.82. The minimum atomic E-state index is -0.566. The number of fused-ring (bicyclic) bond motifs is 1. The van der Waals surface area contributed by atoms with Crippen molar-refractivity contribution in [3.05, 3.63) is 30.0 Å². The third kappa shape index (κ3) is 3.23. The van der Waals surface area contributed by atoms with E-state index in [4.69, 9.17) is 10.5 Å². The maximum absolute atomic E-state index is 12.7. The lowest BCUT2D eigenvalue weighted by Crippen LogP contribution is -2.60. The van der Waals surface area contributed by atoms with Crippen LogP contribution in [-0.4, -0.2) is 50.5 Å². The summed E-state index contributed by atoms with van der Waals surface area (Å²) in [5.74, 6) is -0.0543. The number of hydrogen-bond donors (Lipinski definition) is 2. The zero-order valence-corrected chi connectivity index (χ0v) is 17.7. The van der Waals surface area contributed by atoms with Gasteiger partial charge in [-0.1, -0.05) is 19.9 Å². The van der Waals surface area contributed by atoms with Crippen LogP contribution in [0.4, 0.5) is 4.79 Å². The molecule has 0 aromatic carbocycles. The number of carbonyl (C=O) groups is 3. The molecule has 3 fully saturated rings. The van der Waals surface area contributed by atoms with Crippen molar-refractivity contribution in [2.24, 2.45) is 17.1 Å². The van der Waals surface area contributed by atoms with Gasteiger partial charge < -0.3 is 15.8 Å². The van der Waals surface area contributed by atoms with Crippen LogP contribution in [-0.2, 0) is 4.79 Å². The largest absolute Gasteiger partial charge is 0.473 e. The molecule has 5 rings (SSSR count). The normalized spacial score (nSPS) is 29.9. The van der Waals surface area contributed by atoms with Crippen LogP contribution >= 0.6 is 0 Å². The van der Waals surface area contributed by atoms with Crippen molar-refractivity contribution in [3.63, 3.8) is 0 Å². The van der Waals surface area contributed by atoms with E-state index in [1.54, 1.807) is 16.8 Å². The Balaban J connectivity index is 1.20. The highest BCUT2D eigenvalue weighted by molar-refractivity contribution is 6.04. The quantitative estimate of drug-likeness (QED) is 0.687. The maximum Gasteiger partial charge on any atom is 0.325 e. The molecule has 3 aliphatic rings. The van der Waals surface area contributed by atoms with Crippen LogP contribution in [0.25, 0.3) is 5.52 Å². The second-order valence-corrected chi connectivity index (χ2v) is 9.62. The van der Waals surface area contributed by atoms with Gasteiger partial charge in [0.05, 0.1) is 5.52 Å². The van der Waals surface area contributed by atoms with Gasteiger partial charge >= 0.3 is 6.03 Å². The summed E-state index contributed by atoms with van der Waals surface area (Å²) in [5.41, 5.74) is 6.57. The number of rotatable bonds is 6. The van der Waals surface area contributed by atoms with Crippen LogP contribution in [0, 0.1) is 11.3 Å². The topological polar surface area (TPSA) is 119 Å². The fourth-order valence-electron chi connectivity index (χ4n) is 5.42. The van der Waals surface area contributed by atoms with Gasteiger partial charge in [0.25, 0.3) is 11.8 Å². The number of aromatic nitrogens is 2. The van der Waals surface area contributed by atoms with Crippen molar-refractivity contribution in [2.75, 3.05) is 0 Å². The van der Waals surface area contributed by atoms with Crippen molar-refractivity contribution in [1.29, 1.82) is 0 Å². The van der Waals surface area contributed by atoms with Gasteiger partial charge in [-0.15, -0.1) is 5.10 Å². The molecule has 9 heteroatoms. The molecule has 2 saturated carbocycles. The van der Waals surface area contributed by atoms with E-state index >= 15 is 0 Å². The molecule has 2 aliphatic carbocycles. The Bertz CT molecular complexity index is 1060. The van der Waals surface area contributed by atoms with Gasteiger partial charge in [0, 0.05) is 12.2 Å². The standard InChI is InChI=1S/C22H27N5O4/c1-12(2)7-15-20(29)27(21(30)24-15)13-8-22(9-13)10-14(11-22)31-19-17(18(23)28)16-5-3-4-6-26(16)25-19/h3-6,12-15H,7-11H2,1-2H3,(H2,23,28)(H,24,30). The fourth-order valence-corrected chi connectivity index (χ4v) is 5.42. The Hall–Kier alpha value is -3.10. The number of carbonyl (C=O) groups excluding carboxylic acids is 3. The molecule has 164 valence electrons. The minimum Gasteiger partial charge on any atom is -0.473 e. The number of nitrogens with zero attached hydrogens (tertiary/aromatic N) is 3. The van der Waals surface area contributed by atoms with E-state index in [2.05, 4.69) is 10.4 Å². The average Bonchev–Trinajstić information content (AvgIpc) is 3.13. The van der Waals surface area contributed by atoms with Gasteiger partial charge in [-0.25, -0.2) is 9.31 Å². The molecule has 2 aromatic heterocycles. The summed E-state index contributed by atoms with van der Waals surface area (Å²) in [6.45, 7) is 4.09. The van der Waals surface area contributed by atoms with E-state index in [0.29, 0.717) is 23.4 Å². The number of urea groups is 1. The van der Waals surface area contributed by atoms with Crippen LogP contribution < -0.4 is 15.8 Å². The third-order valence-electron chi connectivity index (χ3n) is 6.82.